The summed E-state index contributed by atoms with van der Waals surface area (Å²) in [7, 11) is 0. The van der Waals surface area contributed by atoms with Gasteiger partial charge in [0.15, 0.2) is 6.10 Å². The van der Waals surface area contributed by atoms with Crippen molar-refractivity contribution >= 4 is 12.1 Å². The summed E-state index contributed by atoms with van der Waals surface area (Å²) in [5.41, 5.74) is -1.94. The van der Waals surface area contributed by atoms with E-state index in [4.69, 9.17) is 14.6 Å². The highest BCUT2D eigenvalue weighted by Crippen LogP contribution is 2.22. The zero-order chi connectivity index (χ0) is 16.3. The van der Waals surface area contributed by atoms with Crippen LogP contribution in [0, 0.1) is 0 Å². The number of aliphatic hydroxyl groups is 1. The molecule has 1 aliphatic heterocycles. The van der Waals surface area contributed by atoms with E-state index in [0.717, 1.165) is 0 Å². The van der Waals surface area contributed by atoms with Crippen LogP contribution in [0.4, 0.5) is 4.79 Å². The fourth-order valence-corrected chi connectivity index (χ4v) is 2.21. The summed E-state index contributed by atoms with van der Waals surface area (Å²) >= 11 is 0. The lowest BCUT2D eigenvalue weighted by molar-refractivity contribution is -0.152. The SMILES string of the molecule is CCC[C@]1(O)CO[C@H](C(=O)O)CN(C(=O)OC(C)(C)C)C1. The quantitative estimate of drug-likeness (QED) is 0.814. The average Bonchev–Trinajstić information content (AvgIpc) is 2.47. The number of carboxylic acid groups (broad SMARTS) is 1. The van der Waals surface area contributed by atoms with Crippen molar-refractivity contribution in [1.29, 1.82) is 0 Å². The lowest BCUT2D eigenvalue weighted by atomic mass is 9.99. The number of aliphatic carboxylic acids is 1. The number of carbonyl (C=O) groups is 2. The Balaban J connectivity index is 2.91. The van der Waals surface area contributed by atoms with Crippen LogP contribution in [0.1, 0.15) is 40.5 Å². The average molecular weight is 303 g/mol. The molecule has 1 heterocycles. The Labute approximate surface area is 124 Å². The molecule has 21 heavy (non-hydrogen) atoms. The van der Waals surface area contributed by atoms with Crippen molar-refractivity contribution in [3.63, 3.8) is 0 Å². The minimum absolute atomic E-state index is 0.000463. The van der Waals surface area contributed by atoms with Crippen molar-refractivity contribution in [2.75, 3.05) is 19.7 Å². The van der Waals surface area contributed by atoms with Gasteiger partial charge in [-0.2, -0.15) is 0 Å². The van der Waals surface area contributed by atoms with E-state index in [2.05, 4.69) is 0 Å². The van der Waals surface area contributed by atoms with Crippen LogP contribution in [0.15, 0.2) is 0 Å². The van der Waals surface area contributed by atoms with Gasteiger partial charge in [-0.05, 0) is 27.2 Å². The molecule has 7 nitrogen and oxygen atoms in total. The molecule has 122 valence electrons. The van der Waals surface area contributed by atoms with Crippen LogP contribution in [-0.2, 0) is 14.3 Å². The summed E-state index contributed by atoms with van der Waals surface area (Å²) in [4.78, 5) is 24.5. The fourth-order valence-electron chi connectivity index (χ4n) is 2.21. The Morgan fingerprint density at radius 1 is 1.43 bits per heavy atom. The van der Waals surface area contributed by atoms with Crippen LogP contribution >= 0.6 is 0 Å². The first-order valence-corrected chi connectivity index (χ1v) is 7.11. The fraction of sp³-hybridized carbons (Fsp3) is 0.857. The molecular weight excluding hydrogens is 278 g/mol. The second-order valence-corrected chi connectivity index (χ2v) is 6.47. The summed E-state index contributed by atoms with van der Waals surface area (Å²) in [6.45, 7) is 6.83. The van der Waals surface area contributed by atoms with E-state index in [0.29, 0.717) is 12.8 Å². The molecule has 1 amide bonds. The van der Waals surface area contributed by atoms with Crippen molar-refractivity contribution in [2.45, 2.75) is 57.8 Å². The van der Waals surface area contributed by atoms with Crippen molar-refractivity contribution in [2.24, 2.45) is 0 Å². The number of β-amino-alcohol motifs (C(OH)–C–C–N with tert-alkyl or cyclic N) is 1. The highest BCUT2D eigenvalue weighted by atomic mass is 16.6. The predicted octanol–water partition coefficient (Wildman–Crippen LogP) is 1.24. The number of rotatable bonds is 3. The molecule has 0 aromatic carbocycles. The van der Waals surface area contributed by atoms with Gasteiger partial charge in [0.2, 0.25) is 0 Å². The van der Waals surface area contributed by atoms with Crippen molar-refractivity contribution < 1.29 is 29.3 Å². The number of hydrogen-bond acceptors (Lipinski definition) is 5. The van der Waals surface area contributed by atoms with Gasteiger partial charge in [0.1, 0.15) is 11.2 Å². The van der Waals surface area contributed by atoms with E-state index in [1.165, 1.54) is 4.90 Å². The number of amides is 1. The third kappa shape index (κ3) is 5.51. The molecule has 0 aliphatic carbocycles. The lowest BCUT2D eigenvalue weighted by Gasteiger charge is -2.32. The molecule has 7 heteroatoms. The van der Waals surface area contributed by atoms with Crippen molar-refractivity contribution in [3.8, 4) is 0 Å². The van der Waals surface area contributed by atoms with E-state index < -0.39 is 29.4 Å². The van der Waals surface area contributed by atoms with E-state index in [9.17, 15) is 14.7 Å². The monoisotopic (exact) mass is 303 g/mol. The van der Waals surface area contributed by atoms with Gasteiger partial charge < -0.3 is 24.6 Å². The van der Waals surface area contributed by atoms with Gasteiger partial charge in [-0.3, -0.25) is 0 Å². The van der Waals surface area contributed by atoms with Gasteiger partial charge in [0.25, 0.3) is 0 Å². The summed E-state index contributed by atoms with van der Waals surface area (Å²) in [6.07, 6.45) is -0.699. The number of ether oxygens (including phenoxy) is 2. The predicted molar refractivity (Wildman–Crippen MR) is 75.0 cm³/mol. The van der Waals surface area contributed by atoms with Crippen molar-refractivity contribution in [3.05, 3.63) is 0 Å². The Kier molecular flexibility index (Phi) is 5.58. The molecule has 1 rings (SSSR count). The van der Waals surface area contributed by atoms with Crippen LogP contribution in [0.25, 0.3) is 0 Å². The number of carboxylic acids is 1. The van der Waals surface area contributed by atoms with E-state index in [1.807, 2.05) is 6.92 Å². The molecular formula is C14H25NO6. The van der Waals surface area contributed by atoms with Crippen LogP contribution in [-0.4, -0.2) is 64.2 Å². The van der Waals surface area contributed by atoms with Gasteiger partial charge in [-0.1, -0.05) is 13.3 Å². The maximum Gasteiger partial charge on any atom is 0.410 e. The number of nitrogens with zero attached hydrogens (tertiary/aromatic N) is 1. The minimum Gasteiger partial charge on any atom is -0.479 e. The maximum absolute atomic E-state index is 12.2. The molecule has 0 unspecified atom stereocenters. The second-order valence-electron chi connectivity index (χ2n) is 6.47. The van der Waals surface area contributed by atoms with E-state index >= 15 is 0 Å². The van der Waals surface area contributed by atoms with Crippen LogP contribution in [0.3, 0.4) is 0 Å². The highest BCUT2D eigenvalue weighted by molar-refractivity contribution is 5.75. The number of carbonyl (C=O) groups excluding carboxylic acids is 1. The van der Waals surface area contributed by atoms with Crippen LogP contribution in [0.2, 0.25) is 0 Å². The standard InChI is InChI=1S/C14H25NO6/c1-5-6-14(19)8-15(12(18)21-13(2,3)4)7-10(11(16)17)20-9-14/h10,19H,5-9H2,1-4H3,(H,16,17)/t10-,14+/m0/s1. The third-order valence-corrected chi connectivity index (χ3v) is 3.07. The van der Waals surface area contributed by atoms with Crippen LogP contribution < -0.4 is 0 Å². The molecule has 0 aromatic heterocycles. The maximum atomic E-state index is 12.2. The summed E-state index contributed by atoms with van der Waals surface area (Å²) in [5, 5.41) is 19.6. The first kappa shape index (κ1) is 17.7. The molecule has 0 aromatic rings. The molecule has 2 N–H and O–H groups in total. The summed E-state index contributed by atoms with van der Waals surface area (Å²) < 4.78 is 10.5. The Bertz CT molecular complexity index is 391. The Morgan fingerprint density at radius 3 is 2.52 bits per heavy atom. The van der Waals surface area contributed by atoms with Crippen molar-refractivity contribution in [1.82, 2.24) is 4.90 Å². The molecule has 1 saturated heterocycles. The summed E-state index contributed by atoms with van der Waals surface area (Å²) in [5.74, 6) is -1.16. The first-order chi connectivity index (χ1) is 9.56. The molecule has 0 bridgehead atoms. The normalized spacial score (nSPS) is 27.1. The molecule has 0 spiro atoms. The molecule has 0 saturated carbocycles. The second kappa shape index (κ2) is 6.62. The zero-order valence-corrected chi connectivity index (χ0v) is 13.1. The topological polar surface area (TPSA) is 96.3 Å². The molecule has 2 atom stereocenters. The van der Waals surface area contributed by atoms with Gasteiger partial charge in [0.05, 0.1) is 19.7 Å². The highest BCUT2D eigenvalue weighted by Gasteiger charge is 2.40. The number of hydrogen-bond donors (Lipinski definition) is 2. The Hall–Kier alpha value is -1.34. The van der Waals surface area contributed by atoms with E-state index in [1.54, 1.807) is 20.8 Å². The zero-order valence-electron chi connectivity index (χ0n) is 13.1. The largest absolute Gasteiger partial charge is 0.479 e. The first-order valence-electron chi connectivity index (χ1n) is 7.11. The molecule has 1 aliphatic rings. The minimum atomic E-state index is -1.25. The van der Waals surface area contributed by atoms with E-state index in [-0.39, 0.29) is 19.7 Å². The molecule has 1 fully saturated rings. The van der Waals surface area contributed by atoms with Gasteiger partial charge in [0, 0.05) is 0 Å². The smallest absolute Gasteiger partial charge is 0.410 e. The lowest BCUT2D eigenvalue weighted by Crippen LogP contribution is -2.48. The van der Waals surface area contributed by atoms with Gasteiger partial charge >= 0.3 is 12.1 Å². The third-order valence-electron chi connectivity index (χ3n) is 3.07. The van der Waals surface area contributed by atoms with Crippen LogP contribution in [0.5, 0.6) is 0 Å². The Morgan fingerprint density at radius 2 is 2.05 bits per heavy atom. The molecule has 0 radical (unpaired) electrons. The van der Waals surface area contributed by atoms with Gasteiger partial charge in [-0.15, -0.1) is 0 Å². The summed E-state index contributed by atoms with van der Waals surface area (Å²) in [6, 6.07) is 0. The van der Waals surface area contributed by atoms with Gasteiger partial charge in [-0.25, -0.2) is 9.59 Å².